The van der Waals surface area contributed by atoms with E-state index in [9.17, 15) is 27.9 Å². The Morgan fingerprint density at radius 1 is 0.894 bits per heavy atom. The summed E-state index contributed by atoms with van der Waals surface area (Å²) in [6.07, 6.45) is -0.00315. The smallest absolute Gasteiger partial charge is 0.416 e. The van der Waals surface area contributed by atoms with Gasteiger partial charge in [-0.25, -0.2) is 4.99 Å². The standard InChI is InChI=1S/C36H41F3N2O6/c1-45-30-15-11-26(12-16-30)33(42)9-2-3-10-34(43)40-24-28(25-41-19-4-5-20-41)35(44)27-13-17-31(18-14-27)46-21-22-47-32-8-6-7-29(23-32)36(37,38)39/h6-8,11-18,23-24,28,35,44H,2-5,9-10,19-22,25H2,1H3/t28-,35-/m1/s1. The lowest BCUT2D eigenvalue weighted by Gasteiger charge is -2.25. The molecule has 0 saturated carbocycles. The maximum absolute atomic E-state index is 12.9. The second-order valence-corrected chi connectivity index (χ2v) is 11.4. The van der Waals surface area contributed by atoms with Crippen LogP contribution < -0.4 is 14.2 Å². The maximum atomic E-state index is 12.9. The molecule has 1 saturated heterocycles. The highest BCUT2D eigenvalue weighted by Gasteiger charge is 2.30. The van der Waals surface area contributed by atoms with Gasteiger partial charge in [-0.15, -0.1) is 0 Å². The highest BCUT2D eigenvalue weighted by molar-refractivity contribution is 5.96. The number of likely N-dealkylation sites (tertiary alicyclic amines) is 1. The summed E-state index contributed by atoms with van der Waals surface area (Å²) in [5.41, 5.74) is 0.464. The van der Waals surface area contributed by atoms with Crippen molar-refractivity contribution >= 4 is 17.9 Å². The Hall–Kier alpha value is -4.22. The van der Waals surface area contributed by atoms with Crippen LogP contribution in [0.3, 0.4) is 0 Å². The Morgan fingerprint density at radius 3 is 2.19 bits per heavy atom. The number of rotatable bonds is 17. The van der Waals surface area contributed by atoms with Crippen LogP contribution >= 0.6 is 0 Å². The SMILES string of the molecule is COc1ccc(C(=O)CCCCC(=O)N=C[C@H](CN2CCCC2)[C@H](O)c2ccc(OCCOc3cccc(C(F)(F)F)c3)cc2)cc1. The summed E-state index contributed by atoms with van der Waals surface area (Å²) in [7, 11) is 1.57. The Bertz CT molecular complexity index is 1450. The van der Waals surface area contributed by atoms with Crippen LogP contribution in [0.15, 0.2) is 77.8 Å². The van der Waals surface area contributed by atoms with E-state index in [1.807, 2.05) is 0 Å². The number of aliphatic hydroxyl groups is 1. The molecule has 0 aromatic heterocycles. The Balaban J connectivity index is 1.25. The molecule has 1 fully saturated rings. The van der Waals surface area contributed by atoms with E-state index in [1.54, 1.807) is 61.9 Å². The fourth-order valence-electron chi connectivity index (χ4n) is 5.31. The molecule has 0 aliphatic carbocycles. The number of nitrogens with zero attached hydrogens (tertiary/aromatic N) is 2. The molecule has 1 aliphatic rings. The number of hydrogen-bond acceptors (Lipinski definition) is 7. The van der Waals surface area contributed by atoms with E-state index in [2.05, 4.69) is 9.89 Å². The number of aliphatic imine (C=N–C) groups is 1. The molecule has 1 amide bonds. The van der Waals surface area contributed by atoms with Gasteiger partial charge in [-0.2, -0.15) is 13.2 Å². The third-order valence-electron chi connectivity index (χ3n) is 7.94. The van der Waals surface area contributed by atoms with Gasteiger partial charge in [0.1, 0.15) is 30.5 Å². The monoisotopic (exact) mass is 654 g/mol. The average molecular weight is 655 g/mol. The van der Waals surface area contributed by atoms with Gasteiger partial charge in [0.05, 0.1) is 18.8 Å². The third-order valence-corrected chi connectivity index (χ3v) is 7.94. The minimum absolute atomic E-state index is 0.0114. The van der Waals surface area contributed by atoms with Crippen LogP contribution in [0.25, 0.3) is 0 Å². The van der Waals surface area contributed by atoms with Gasteiger partial charge in [-0.05, 0) is 98.9 Å². The normalized spacial score (nSPS) is 15.0. The molecule has 3 aromatic carbocycles. The Labute approximate surface area is 273 Å². The van der Waals surface area contributed by atoms with Gasteiger partial charge in [0, 0.05) is 37.1 Å². The molecule has 0 radical (unpaired) electrons. The number of alkyl halides is 3. The summed E-state index contributed by atoms with van der Waals surface area (Å²) < 4.78 is 54.9. The van der Waals surface area contributed by atoms with Gasteiger partial charge < -0.3 is 24.2 Å². The van der Waals surface area contributed by atoms with Crippen LogP contribution in [0.4, 0.5) is 13.2 Å². The van der Waals surface area contributed by atoms with Crippen molar-refractivity contribution in [2.75, 3.05) is 40.0 Å². The zero-order chi connectivity index (χ0) is 33.6. The van der Waals surface area contributed by atoms with Crippen molar-refractivity contribution in [2.45, 2.75) is 50.8 Å². The number of methoxy groups -OCH3 is 1. The van der Waals surface area contributed by atoms with Crippen LogP contribution in [-0.2, 0) is 11.0 Å². The molecule has 252 valence electrons. The fourth-order valence-corrected chi connectivity index (χ4v) is 5.31. The highest BCUT2D eigenvalue weighted by atomic mass is 19.4. The number of Topliss-reactive ketones (excluding diaryl/α,β-unsaturated/α-hetero) is 1. The summed E-state index contributed by atoms with van der Waals surface area (Å²) in [6.45, 7) is 2.55. The van der Waals surface area contributed by atoms with E-state index in [-0.39, 0.29) is 37.1 Å². The van der Waals surface area contributed by atoms with Crippen molar-refractivity contribution in [3.05, 3.63) is 89.5 Å². The zero-order valence-corrected chi connectivity index (χ0v) is 26.5. The predicted octanol–water partition coefficient (Wildman–Crippen LogP) is 6.96. The first-order valence-electron chi connectivity index (χ1n) is 15.8. The summed E-state index contributed by atoms with van der Waals surface area (Å²) >= 11 is 0. The molecule has 0 spiro atoms. The fraction of sp³-hybridized carbons (Fsp3) is 0.417. The molecule has 8 nitrogen and oxygen atoms in total. The molecule has 2 atom stereocenters. The molecule has 1 aliphatic heterocycles. The first kappa shape index (κ1) is 35.6. The number of ether oxygens (including phenoxy) is 3. The first-order valence-corrected chi connectivity index (χ1v) is 15.8. The van der Waals surface area contributed by atoms with Crippen molar-refractivity contribution in [3.63, 3.8) is 0 Å². The van der Waals surface area contributed by atoms with E-state index in [4.69, 9.17) is 14.2 Å². The summed E-state index contributed by atoms with van der Waals surface area (Å²) in [4.78, 5) is 31.4. The number of carbonyl (C=O) groups is 2. The van der Waals surface area contributed by atoms with Crippen LogP contribution in [0.2, 0.25) is 0 Å². The predicted molar refractivity (Wildman–Crippen MR) is 172 cm³/mol. The number of halogens is 3. The van der Waals surface area contributed by atoms with Crippen LogP contribution in [0.5, 0.6) is 17.2 Å². The summed E-state index contributed by atoms with van der Waals surface area (Å²) in [6, 6.07) is 18.5. The molecule has 1 N–H and O–H groups in total. The summed E-state index contributed by atoms with van der Waals surface area (Å²) in [5.74, 6) is 0.600. The number of hydrogen-bond donors (Lipinski definition) is 1. The molecule has 1 heterocycles. The third kappa shape index (κ3) is 11.5. The lowest BCUT2D eigenvalue weighted by molar-refractivity contribution is -0.137. The number of unbranched alkanes of at least 4 members (excludes halogenated alkanes) is 1. The largest absolute Gasteiger partial charge is 0.497 e. The van der Waals surface area contributed by atoms with Gasteiger partial charge in [0.2, 0.25) is 5.91 Å². The quantitative estimate of drug-likeness (QED) is 0.0955. The van der Waals surface area contributed by atoms with Crippen LogP contribution in [0.1, 0.15) is 66.1 Å². The van der Waals surface area contributed by atoms with E-state index in [0.717, 1.165) is 38.1 Å². The lowest BCUT2D eigenvalue weighted by Crippen LogP contribution is -2.31. The van der Waals surface area contributed by atoms with E-state index in [1.165, 1.54) is 12.1 Å². The number of amides is 1. The molecule has 0 bridgehead atoms. The average Bonchev–Trinajstić information content (AvgIpc) is 3.60. The van der Waals surface area contributed by atoms with Gasteiger partial charge in [0.25, 0.3) is 0 Å². The van der Waals surface area contributed by atoms with E-state index >= 15 is 0 Å². The number of carbonyl (C=O) groups excluding carboxylic acids is 2. The van der Waals surface area contributed by atoms with Gasteiger partial charge >= 0.3 is 6.18 Å². The Morgan fingerprint density at radius 2 is 1.53 bits per heavy atom. The van der Waals surface area contributed by atoms with Gasteiger partial charge in [-0.1, -0.05) is 18.2 Å². The van der Waals surface area contributed by atoms with Crippen LogP contribution in [0, 0.1) is 5.92 Å². The van der Waals surface area contributed by atoms with Crippen LogP contribution in [-0.4, -0.2) is 67.9 Å². The maximum Gasteiger partial charge on any atom is 0.416 e. The Kier molecular flexibility index (Phi) is 13.4. The zero-order valence-electron chi connectivity index (χ0n) is 26.5. The van der Waals surface area contributed by atoms with Crippen molar-refractivity contribution < 1.29 is 42.1 Å². The minimum Gasteiger partial charge on any atom is -0.497 e. The van der Waals surface area contributed by atoms with Gasteiger partial charge in [-0.3, -0.25) is 9.59 Å². The molecule has 0 unspecified atom stereocenters. The molecule has 4 rings (SSSR count). The molecule has 11 heteroatoms. The second-order valence-electron chi connectivity index (χ2n) is 11.4. The molecular formula is C36H41F3N2O6. The number of ketones is 1. The van der Waals surface area contributed by atoms with Crippen molar-refractivity contribution in [1.82, 2.24) is 4.90 Å². The summed E-state index contributed by atoms with van der Waals surface area (Å²) in [5, 5.41) is 11.3. The molecular weight excluding hydrogens is 613 g/mol. The minimum atomic E-state index is -4.45. The van der Waals surface area contributed by atoms with E-state index in [0.29, 0.717) is 48.4 Å². The number of benzene rings is 3. The van der Waals surface area contributed by atoms with Crippen molar-refractivity contribution in [1.29, 1.82) is 0 Å². The van der Waals surface area contributed by atoms with E-state index < -0.39 is 23.8 Å². The second kappa shape index (κ2) is 17.6. The lowest BCUT2D eigenvalue weighted by atomic mass is 9.96. The number of aliphatic hydroxyl groups excluding tert-OH is 1. The molecule has 47 heavy (non-hydrogen) atoms. The molecule has 3 aromatic rings. The van der Waals surface area contributed by atoms with Gasteiger partial charge in [0.15, 0.2) is 5.78 Å². The topological polar surface area (TPSA) is 97.7 Å². The first-order chi connectivity index (χ1) is 22.6. The van der Waals surface area contributed by atoms with Crippen molar-refractivity contribution in [3.8, 4) is 17.2 Å². The van der Waals surface area contributed by atoms with Crippen molar-refractivity contribution in [2.24, 2.45) is 10.9 Å². The highest BCUT2D eigenvalue weighted by Crippen LogP contribution is 2.31.